The van der Waals surface area contributed by atoms with E-state index in [2.05, 4.69) is 23.6 Å². The lowest BCUT2D eigenvalue weighted by Gasteiger charge is -2.30. The summed E-state index contributed by atoms with van der Waals surface area (Å²) in [6.45, 7) is 12.8. The predicted octanol–water partition coefficient (Wildman–Crippen LogP) is 4.86. The van der Waals surface area contributed by atoms with Gasteiger partial charge < -0.3 is 9.64 Å². The molecule has 0 saturated heterocycles. The fourth-order valence-electron chi connectivity index (χ4n) is 4.39. The van der Waals surface area contributed by atoms with Gasteiger partial charge in [0.15, 0.2) is 6.54 Å². The van der Waals surface area contributed by atoms with Crippen molar-refractivity contribution in [2.45, 2.75) is 45.7 Å². The Balaban J connectivity index is 1.85. The van der Waals surface area contributed by atoms with Gasteiger partial charge in [0, 0.05) is 23.4 Å². The number of aryl methyl sites for hydroxylation is 3. The van der Waals surface area contributed by atoms with Crippen LogP contribution < -0.4 is 9.62 Å². The van der Waals surface area contributed by atoms with E-state index >= 15 is 0 Å². The van der Waals surface area contributed by atoms with Gasteiger partial charge in [-0.1, -0.05) is 41.0 Å². The molecule has 3 aromatic rings. The molecule has 1 aliphatic heterocycles. The highest BCUT2D eigenvalue weighted by Crippen LogP contribution is 2.34. The lowest BCUT2D eigenvalue weighted by molar-refractivity contribution is -0.449. The summed E-state index contributed by atoms with van der Waals surface area (Å²) in [5, 5.41) is 0. The molecule has 7 nitrogen and oxygen atoms in total. The highest BCUT2D eigenvalue weighted by atomic mass is 32.2. The molecule has 1 aliphatic rings. The van der Waals surface area contributed by atoms with Gasteiger partial charge in [-0.25, -0.2) is 17.8 Å². The van der Waals surface area contributed by atoms with Crippen LogP contribution in [0.5, 0.6) is 0 Å². The Morgan fingerprint density at radius 3 is 2.30 bits per heavy atom. The molecule has 37 heavy (non-hydrogen) atoms. The number of carbonyl (C=O) groups is 1. The number of ether oxygens (including phenoxy) is 1. The number of hydrogen-bond donors (Lipinski definition) is 1. The van der Waals surface area contributed by atoms with Crippen LogP contribution in [0.3, 0.4) is 0 Å². The van der Waals surface area contributed by atoms with Crippen LogP contribution in [0, 0.1) is 20.8 Å². The Hall–Kier alpha value is -3.91. The molecule has 0 bridgehead atoms. The van der Waals surface area contributed by atoms with Crippen molar-refractivity contribution in [1.82, 2.24) is 4.72 Å². The molecule has 1 N–H and O–H groups in total. The molecule has 0 amide bonds. The fourth-order valence-corrected chi connectivity index (χ4v) is 5.28. The lowest BCUT2D eigenvalue weighted by atomic mass is 10.0. The predicted molar refractivity (Wildman–Crippen MR) is 146 cm³/mol. The molecule has 1 heterocycles. The van der Waals surface area contributed by atoms with E-state index in [1.807, 2.05) is 54.5 Å². The summed E-state index contributed by atoms with van der Waals surface area (Å²) in [5.41, 5.74) is 6.80. The number of hydrogen-bond acceptors (Lipinski definition) is 5. The van der Waals surface area contributed by atoms with Gasteiger partial charge in [0.2, 0.25) is 5.69 Å². The molecule has 0 spiro atoms. The normalized spacial score (nSPS) is 13.8. The standard InChI is InChI=1S/C29H31N3O4S/c1-6-36-29(33)28(17-30-37(34,35)25-11-7-20(2)8-12-25)32-19-24-16-21(3)9-13-26(24)31(5)18-23-15-22(4)10-14-27(23)32/h7-17H,5-6,18-19H2,1-4H3/p+1. The molecular formula is C29H32N3O4S+. The number of fused-ring (bicyclic) bond motifs is 2. The van der Waals surface area contributed by atoms with Crippen molar-refractivity contribution in [1.29, 1.82) is 0 Å². The van der Waals surface area contributed by atoms with Gasteiger partial charge in [0.05, 0.1) is 23.7 Å². The Labute approximate surface area is 218 Å². The second-order valence-corrected chi connectivity index (χ2v) is 10.9. The van der Waals surface area contributed by atoms with Crippen LogP contribution >= 0.6 is 0 Å². The monoisotopic (exact) mass is 518 g/mol. The Bertz CT molecular complexity index is 1490. The quantitative estimate of drug-likeness (QED) is 0.287. The average molecular weight is 519 g/mol. The van der Waals surface area contributed by atoms with Crippen LogP contribution in [-0.2, 0) is 32.6 Å². The van der Waals surface area contributed by atoms with E-state index in [1.165, 1.54) is 18.3 Å². The summed E-state index contributed by atoms with van der Waals surface area (Å²) in [5.74, 6) is -0.623. The van der Waals surface area contributed by atoms with E-state index in [9.17, 15) is 13.2 Å². The Kier molecular flexibility index (Phi) is 7.50. The largest absolute Gasteiger partial charge is 0.461 e. The minimum absolute atomic E-state index is 0.0904. The van der Waals surface area contributed by atoms with E-state index in [0.29, 0.717) is 13.1 Å². The maximum Gasteiger partial charge on any atom is 0.356 e. The number of nitrogens with zero attached hydrogens (tertiary/aromatic N) is 2. The first-order chi connectivity index (χ1) is 17.6. The number of esters is 1. The van der Waals surface area contributed by atoms with Gasteiger partial charge in [0.1, 0.15) is 12.4 Å². The van der Waals surface area contributed by atoms with Crippen LogP contribution in [0.15, 0.2) is 77.5 Å². The first-order valence-corrected chi connectivity index (χ1v) is 13.6. The number of carbonyl (C=O) groups excluding carboxylic acids is 1. The van der Waals surface area contributed by atoms with Crippen molar-refractivity contribution < 1.29 is 22.5 Å². The van der Waals surface area contributed by atoms with Crippen molar-refractivity contribution >= 4 is 34.1 Å². The number of rotatable bonds is 6. The molecule has 0 fully saturated rings. The van der Waals surface area contributed by atoms with E-state index in [1.54, 1.807) is 19.1 Å². The molecule has 4 rings (SSSR count). The second kappa shape index (κ2) is 10.6. The summed E-state index contributed by atoms with van der Waals surface area (Å²) in [4.78, 5) is 15.2. The van der Waals surface area contributed by atoms with Crippen molar-refractivity contribution in [3.05, 3.63) is 100 Å². The maximum atomic E-state index is 13.3. The summed E-state index contributed by atoms with van der Waals surface area (Å²) in [6.07, 6.45) is 1.23. The van der Waals surface area contributed by atoms with Crippen LogP contribution in [0.1, 0.15) is 34.7 Å². The van der Waals surface area contributed by atoms with Crippen LogP contribution in [0.25, 0.3) is 0 Å². The third-order valence-electron chi connectivity index (χ3n) is 6.25. The minimum atomic E-state index is -3.91. The first-order valence-electron chi connectivity index (χ1n) is 12.1. The van der Waals surface area contributed by atoms with Crippen molar-refractivity contribution in [3.8, 4) is 0 Å². The van der Waals surface area contributed by atoms with Gasteiger partial charge in [-0.3, -0.25) is 4.72 Å². The van der Waals surface area contributed by atoms with Crippen molar-refractivity contribution in [3.63, 3.8) is 0 Å². The molecular weight excluding hydrogens is 486 g/mol. The zero-order valence-corrected chi connectivity index (χ0v) is 22.4. The Morgan fingerprint density at radius 1 is 1.00 bits per heavy atom. The third kappa shape index (κ3) is 5.75. The second-order valence-electron chi connectivity index (χ2n) is 9.23. The van der Waals surface area contributed by atoms with Gasteiger partial charge in [0.25, 0.3) is 10.0 Å². The number of anilines is 1. The van der Waals surface area contributed by atoms with Gasteiger partial charge in [-0.05, 0) is 58.0 Å². The molecule has 0 aromatic heterocycles. The van der Waals surface area contributed by atoms with Gasteiger partial charge in [-0.15, -0.1) is 0 Å². The summed E-state index contributed by atoms with van der Waals surface area (Å²) in [6, 6.07) is 18.6. The van der Waals surface area contributed by atoms with E-state index in [4.69, 9.17) is 4.74 Å². The molecule has 8 heteroatoms. The number of sulfonamides is 1. The van der Waals surface area contributed by atoms with Crippen molar-refractivity contribution in [2.24, 2.45) is 0 Å². The molecule has 0 saturated carbocycles. The summed E-state index contributed by atoms with van der Waals surface area (Å²) in [7, 11) is -3.91. The van der Waals surface area contributed by atoms with E-state index in [-0.39, 0.29) is 17.2 Å². The third-order valence-corrected chi connectivity index (χ3v) is 7.57. The highest BCUT2D eigenvalue weighted by molar-refractivity contribution is 7.89. The van der Waals surface area contributed by atoms with Crippen LogP contribution in [0.2, 0.25) is 0 Å². The first kappa shape index (κ1) is 26.2. The lowest BCUT2D eigenvalue weighted by Crippen LogP contribution is -2.33. The molecule has 192 valence electrons. The molecule has 0 aliphatic carbocycles. The smallest absolute Gasteiger partial charge is 0.356 e. The number of benzene rings is 3. The summed E-state index contributed by atoms with van der Waals surface area (Å²) >= 11 is 0. The molecule has 0 atom stereocenters. The molecule has 0 radical (unpaired) electrons. The van der Waals surface area contributed by atoms with Crippen LogP contribution in [-0.4, -0.2) is 32.3 Å². The zero-order chi connectivity index (χ0) is 26.7. The van der Waals surface area contributed by atoms with Crippen molar-refractivity contribution in [2.75, 3.05) is 11.5 Å². The molecule has 3 aromatic carbocycles. The average Bonchev–Trinajstić information content (AvgIpc) is 2.83. The number of nitrogens with one attached hydrogen (secondary N) is 1. The minimum Gasteiger partial charge on any atom is -0.461 e. The highest BCUT2D eigenvalue weighted by Gasteiger charge is 2.30. The SMILES string of the molecule is C=[N+]1Cc2cc(C)ccc2N(/C(=C/NS(=O)(=O)c2ccc(C)cc2)C(=O)OCC)Cc2cc(C)ccc21. The van der Waals surface area contributed by atoms with E-state index < -0.39 is 16.0 Å². The van der Waals surface area contributed by atoms with Gasteiger partial charge >= 0.3 is 5.97 Å². The fraction of sp³-hybridized carbons (Fsp3) is 0.241. The van der Waals surface area contributed by atoms with E-state index in [0.717, 1.165) is 39.2 Å². The summed E-state index contributed by atoms with van der Waals surface area (Å²) < 4.78 is 36.0. The maximum absolute atomic E-state index is 13.3. The zero-order valence-electron chi connectivity index (χ0n) is 21.6. The Morgan fingerprint density at radius 2 is 1.62 bits per heavy atom. The van der Waals surface area contributed by atoms with Crippen LogP contribution in [0.4, 0.5) is 11.4 Å². The van der Waals surface area contributed by atoms with Gasteiger partial charge in [-0.2, -0.15) is 0 Å². The molecule has 0 unspecified atom stereocenters. The topological polar surface area (TPSA) is 78.7 Å².